The number of esters is 2. The molecule has 0 aromatic carbocycles. The summed E-state index contributed by atoms with van der Waals surface area (Å²) in [5.41, 5.74) is 0.0875. The van der Waals surface area contributed by atoms with Crippen molar-refractivity contribution in [3.63, 3.8) is 0 Å². The van der Waals surface area contributed by atoms with Crippen LogP contribution < -0.4 is 42.5 Å². The Hall–Kier alpha value is -3.74. The molecule has 9 saturated heterocycles. The van der Waals surface area contributed by atoms with Crippen LogP contribution in [0, 0.1) is 0 Å². The van der Waals surface area contributed by atoms with Crippen molar-refractivity contribution < 1.29 is 43.0 Å². The fourth-order valence-electron chi connectivity index (χ4n) is 30.8. The number of hydrogen-bond donors (Lipinski definition) is 8. The van der Waals surface area contributed by atoms with Crippen LogP contribution in [0.25, 0.3) is 0 Å². The molecule has 9 heterocycles. The number of piperidine rings is 9. The molecule has 846 valence electrons. The fourth-order valence-corrected chi connectivity index (χ4v) is 30.8. The van der Waals surface area contributed by atoms with E-state index in [4.69, 9.17) is 9.47 Å². The van der Waals surface area contributed by atoms with Crippen molar-refractivity contribution in [3.8, 4) is 0 Å². The van der Waals surface area contributed by atoms with Gasteiger partial charge in [0, 0.05) is 207 Å². The van der Waals surface area contributed by atoms with Crippen LogP contribution in [0.1, 0.15) is 469 Å². The van der Waals surface area contributed by atoms with Crippen LogP contribution in [0.5, 0.6) is 0 Å². The summed E-state index contributed by atoms with van der Waals surface area (Å²) < 4.78 is 15.3. The zero-order valence-corrected chi connectivity index (χ0v) is 102. The lowest BCUT2D eigenvalue weighted by atomic mass is 9.78. The van der Waals surface area contributed by atoms with Gasteiger partial charge < -0.3 is 86.1 Å². The minimum absolute atomic E-state index is 0.00181. The molecule has 9 aliphatic rings. The quantitative estimate of drug-likeness (QED) is 0.0209. The van der Waals surface area contributed by atoms with E-state index in [2.05, 4.69) is 355 Å². The smallest absolute Gasteiger partial charge is 0.306 e. The minimum Gasteiger partial charge on any atom is -0.469 e. The van der Waals surface area contributed by atoms with Crippen molar-refractivity contribution in [1.29, 1.82) is 0 Å². The SMILES string of the molecule is CCC(=O)N(CCCCCCN(C(=O)CN(CCCCCCN(C)C1CC(C)(C)NC(C)(C)C1)C1CC(C)(C)NC(C)(C)C1)C1CC(C)(C)NC(C)(C)C1)C1CC(C)(C)NC(C)(C)C1.CCC(=O)N(CCCN(C(=O)CN(CCCN(C)C1CC(C)(C)NC(C)(C)C1)C1CC(C)(C)NC(C)(C)C1)C1CC(C)(C)NC(C)(C)C1)C1CC(C)(C)NC(C)(C)C1.COC(=O)CCC(=O)OCCN1C(C)(C)CC(OC)CC1(C)C. The molecule has 145 heavy (non-hydrogen) atoms. The lowest BCUT2D eigenvalue weighted by molar-refractivity contribution is -0.151. The summed E-state index contributed by atoms with van der Waals surface area (Å²) in [6.45, 7) is 95.8. The third-order valence-corrected chi connectivity index (χ3v) is 33.6. The second-order valence-corrected chi connectivity index (χ2v) is 59.5. The average Bonchev–Trinajstić information content (AvgIpc) is 0.763. The van der Waals surface area contributed by atoms with Crippen LogP contribution in [-0.2, 0) is 43.0 Å². The summed E-state index contributed by atoms with van der Waals surface area (Å²) >= 11 is 0. The lowest BCUT2D eigenvalue weighted by Crippen LogP contribution is -2.65. The molecular weight excluding hydrogens is 1810 g/mol. The summed E-state index contributed by atoms with van der Waals surface area (Å²) in [6.07, 6.45) is 30.5. The Morgan fingerprint density at radius 1 is 0.262 bits per heavy atom. The third-order valence-electron chi connectivity index (χ3n) is 33.6. The average molecular weight is 2040 g/mol. The van der Waals surface area contributed by atoms with Gasteiger partial charge in [0.1, 0.15) is 6.61 Å². The molecule has 26 nitrogen and oxygen atoms in total. The third kappa shape index (κ3) is 42.5. The molecule has 8 N–H and O–H groups in total. The summed E-state index contributed by atoms with van der Waals surface area (Å²) in [4.78, 5) is 102. The Bertz CT molecular complexity index is 3920. The molecule has 0 atom stereocenters. The standard InChI is InChI=1S/C54H106N8O2.C48H94N8O2.C17H31NO5/c1-19-45(63)61(43-36-51(10,11)57-52(12,13)37-43)30-26-22-23-27-31-62(44-38-53(14,15)58-54(16,17)39-44)46(64)40-60(42-34-49(6,7)56-50(8,9)35-42)29-25-21-20-24-28-59(18)41-32-47(2,3)55-48(4,5)33-41;1-19-39(57)55(37-30-45(10,11)51-46(12,13)31-37)24-21-25-56(38-32-47(14,15)52-48(16,17)33-38)40(58)34-54(36-28-43(6,7)50-44(8,9)29-36)23-20-22-53(18)35-26-41(2,3)49-42(4,5)27-35;1-16(2)11-13(21-5)12-17(3,4)18(16)9-10-23-15(20)8-7-14(19)22-6/h41-44,55-58H,19-40H2,1-18H3;35-38,49-52H,19-34H2,1-18H3;13H,7-12H2,1-6H3. The molecule has 0 radical (unpaired) electrons. The van der Waals surface area contributed by atoms with E-state index in [0.29, 0.717) is 82.2 Å². The first kappa shape index (κ1) is 128. The topological polar surface area (TPSA) is 256 Å². The number of ether oxygens (including phenoxy) is 3. The first-order chi connectivity index (χ1) is 66.1. The molecule has 9 rings (SSSR count). The maximum absolute atomic E-state index is 15.2. The Kier molecular flexibility index (Phi) is 45.0. The van der Waals surface area contributed by atoms with Gasteiger partial charge in [-0.05, 0) is 437 Å². The van der Waals surface area contributed by atoms with Gasteiger partial charge in [0.25, 0.3) is 0 Å². The fraction of sp³-hybridized carbons (Fsp3) is 0.950. The molecule has 4 amide bonds. The number of methoxy groups -OCH3 is 2. The number of rotatable bonds is 43. The van der Waals surface area contributed by atoms with E-state index >= 15 is 9.59 Å². The highest BCUT2D eigenvalue weighted by Gasteiger charge is 2.52. The Labute approximate surface area is 889 Å². The van der Waals surface area contributed by atoms with Crippen LogP contribution in [0.3, 0.4) is 0 Å². The molecular formula is C119H231N17O9. The number of nitrogens with one attached hydrogen (secondary N) is 8. The highest BCUT2D eigenvalue weighted by Crippen LogP contribution is 2.44. The number of nitrogens with zero attached hydrogens (tertiary/aromatic N) is 9. The van der Waals surface area contributed by atoms with Gasteiger partial charge in [-0.15, -0.1) is 0 Å². The Balaban J connectivity index is 0.000000324. The van der Waals surface area contributed by atoms with Gasteiger partial charge in [-0.2, -0.15) is 0 Å². The van der Waals surface area contributed by atoms with Crippen LogP contribution >= 0.6 is 0 Å². The largest absolute Gasteiger partial charge is 0.469 e. The van der Waals surface area contributed by atoms with Crippen molar-refractivity contribution >= 4 is 35.6 Å². The van der Waals surface area contributed by atoms with Crippen molar-refractivity contribution in [1.82, 2.24) is 86.6 Å². The number of carbonyl (C=O) groups excluding carboxylic acids is 6. The maximum atomic E-state index is 15.2. The molecule has 26 heteroatoms. The first-order valence-corrected chi connectivity index (χ1v) is 58.0. The van der Waals surface area contributed by atoms with E-state index in [0.717, 1.165) is 187 Å². The molecule has 0 spiro atoms. The van der Waals surface area contributed by atoms with Crippen molar-refractivity contribution in [3.05, 3.63) is 0 Å². The number of likely N-dealkylation sites (tertiary alicyclic amines) is 1. The normalized spacial score (nSPS) is 25.2. The number of carbonyl (C=O) groups is 6. The molecule has 0 bridgehead atoms. The highest BCUT2D eigenvalue weighted by atomic mass is 16.5. The van der Waals surface area contributed by atoms with Gasteiger partial charge in [-0.3, -0.25) is 43.5 Å². The van der Waals surface area contributed by atoms with Crippen LogP contribution in [0.15, 0.2) is 0 Å². The van der Waals surface area contributed by atoms with Gasteiger partial charge in [0.2, 0.25) is 23.6 Å². The predicted octanol–water partition coefficient (Wildman–Crippen LogP) is 19.1. The molecule has 9 fully saturated rings. The van der Waals surface area contributed by atoms with E-state index < -0.39 is 5.97 Å². The van der Waals surface area contributed by atoms with Gasteiger partial charge in [0.05, 0.1) is 39.1 Å². The highest BCUT2D eigenvalue weighted by molar-refractivity contribution is 5.80. The van der Waals surface area contributed by atoms with Crippen LogP contribution in [0.4, 0.5) is 0 Å². The number of hydrogen-bond acceptors (Lipinski definition) is 22. The molecule has 0 aromatic rings. The van der Waals surface area contributed by atoms with Gasteiger partial charge >= 0.3 is 11.9 Å². The van der Waals surface area contributed by atoms with Crippen molar-refractivity contribution in [2.45, 2.75) is 623 Å². The Morgan fingerprint density at radius 2 is 0.476 bits per heavy atom. The molecule has 9 aliphatic heterocycles. The Morgan fingerprint density at radius 3 is 0.738 bits per heavy atom. The minimum atomic E-state index is -0.397. The summed E-state index contributed by atoms with van der Waals surface area (Å²) in [6, 6.07) is 2.60. The zero-order chi connectivity index (χ0) is 110. The van der Waals surface area contributed by atoms with E-state index in [1.54, 1.807) is 7.11 Å². The van der Waals surface area contributed by atoms with E-state index in [1.807, 2.05) is 13.8 Å². The number of amides is 4. The van der Waals surface area contributed by atoms with Crippen LogP contribution in [0.2, 0.25) is 0 Å². The van der Waals surface area contributed by atoms with Gasteiger partial charge in [0.15, 0.2) is 0 Å². The molecule has 0 saturated carbocycles. The molecule has 0 aromatic heterocycles. The summed E-state index contributed by atoms with van der Waals surface area (Å²) in [5.74, 6) is 0.316. The summed E-state index contributed by atoms with van der Waals surface area (Å²) in [7, 11) is 7.72. The van der Waals surface area contributed by atoms with Crippen molar-refractivity contribution in [2.75, 3.05) is 107 Å². The van der Waals surface area contributed by atoms with Crippen LogP contribution in [-0.4, -0.2) is 341 Å². The lowest BCUT2D eigenvalue weighted by Gasteiger charge is -2.55. The van der Waals surface area contributed by atoms with E-state index in [1.165, 1.54) is 39.2 Å². The number of unbranched alkanes of at least 4 members (excludes halogenated alkanes) is 6. The second kappa shape index (κ2) is 50.9. The monoisotopic (exact) mass is 2040 g/mol. The molecule has 0 unspecified atom stereocenters. The maximum Gasteiger partial charge on any atom is 0.306 e. The second-order valence-electron chi connectivity index (χ2n) is 59.5. The zero-order valence-electron chi connectivity index (χ0n) is 102. The summed E-state index contributed by atoms with van der Waals surface area (Å²) in [5, 5.41) is 30.9. The van der Waals surface area contributed by atoms with E-state index in [9.17, 15) is 19.2 Å². The van der Waals surface area contributed by atoms with Gasteiger partial charge in [-0.25, -0.2) is 0 Å². The first-order valence-electron chi connectivity index (χ1n) is 58.0. The van der Waals surface area contributed by atoms with E-state index in [-0.39, 0.29) is 167 Å². The van der Waals surface area contributed by atoms with Gasteiger partial charge in [-0.1, -0.05) is 39.5 Å². The van der Waals surface area contributed by atoms with Crippen molar-refractivity contribution in [2.24, 2.45) is 0 Å². The predicted molar refractivity (Wildman–Crippen MR) is 604 cm³/mol. The molecule has 0 aliphatic carbocycles.